The SMILES string of the molecule is O=C(CCCCc1cn[nH]n1)N1CCC(c2cccc(Cl)c2)CC1. The van der Waals surface area contributed by atoms with Crippen LogP contribution in [0.1, 0.15) is 49.3 Å². The van der Waals surface area contributed by atoms with Crippen molar-refractivity contribution in [1.29, 1.82) is 0 Å². The number of aromatic amines is 1. The van der Waals surface area contributed by atoms with Crippen LogP contribution >= 0.6 is 11.6 Å². The number of H-pyrrole nitrogens is 1. The van der Waals surface area contributed by atoms with Crippen molar-refractivity contribution in [2.24, 2.45) is 0 Å². The molecule has 2 heterocycles. The summed E-state index contributed by atoms with van der Waals surface area (Å²) in [6.07, 6.45) is 7.15. The first kappa shape index (κ1) is 17.0. The highest BCUT2D eigenvalue weighted by atomic mass is 35.5. The van der Waals surface area contributed by atoms with E-state index in [0.29, 0.717) is 12.3 Å². The molecule has 1 aromatic heterocycles. The van der Waals surface area contributed by atoms with Crippen molar-refractivity contribution in [3.05, 3.63) is 46.7 Å². The Morgan fingerprint density at radius 3 is 2.83 bits per heavy atom. The van der Waals surface area contributed by atoms with Gasteiger partial charge in [0.1, 0.15) is 0 Å². The second kappa shape index (κ2) is 8.29. The van der Waals surface area contributed by atoms with Crippen LogP contribution in [0.3, 0.4) is 0 Å². The Bertz CT molecular complexity index is 651. The molecule has 0 aliphatic carbocycles. The maximum absolute atomic E-state index is 12.3. The minimum absolute atomic E-state index is 0.277. The normalized spacial score (nSPS) is 15.6. The second-order valence-electron chi connectivity index (χ2n) is 6.38. The molecule has 0 saturated carbocycles. The van der Waals surface area contributed by atoms with Gasteiger partial charge in [-0.3, -0.25) is 4.79 Å². The van der Waals surface area contributed by atoms with Gasteiger partial charge in [-0.05, 0) is 55.7 Å². The van der Waals surface area contributed by atoms with Gasteiger partial charge in [0.15, 0.2) is 0 Å². The predicted molar refractivity (Wildman–Crippen MR) is 93.9 cm³/mol. The molecule has 1 aliphatic rings. The largest absolute Gasteiger partial charge is 0.343 e. The smallest absolute Gasteiger partial charge is 0.222 e. The molecule has 128 valence electrons. The summed E-state index contributed by atoms with van der Waals surface area (Å²) in [6.45, 7) is 1.69. The number of nitrogens with one attached hydrogen (secondary N) is 1. The zero-order chi connectivity index (χ0) is 16.8. The van der Waals surface area contributed by atoms with Crippen molar-refractivity contribution in [2.75, 3.05) is 13.1 Å². The van der Waals surface area contributed by atoms with Gasteiger partial charge < -0.3 is 4.90 Å². The second-order valence-corrected chi connectivity index (χ2v) is 6.81. The van der Waals surface area contributed by atoms with Gasteiger partial charge in [0.05, 0.1) is 11.9 Å². The number of benzene rings is 1. The Hall–Kier alpha value is -1.88. The van der Waals surface area contributed by atoms with E-state index in [1.54, 1.807) is 6.20 Å². The van der Waals surface area contributed by atoms with Crippen LogP contribution in [0, 0.1) is 0 Å². The molecule has 1 saturated heterocycles. The Morgan fingerprint density at radius 1 is 1.29 bits per heavy atom. The lowest BCUT2D eigenvalue weighted by atomic mass is 9.89. The number of unbranched alkanes of at least 4 members (excludes halogenated alkanes) is 1. The summed E-state index contributed by atoms with van der Waals surface area (Å²) in [6, 6.07) is 8.10. The zero-order valence-electron chi connectivity index (χ0n) is 13.7. The van der Waals surface area contributed by atoms with E-state index >= 15 is 0 Å². The Labute approximate surface area is 147 Å². The molecule has 0 radical (unpaired) electrons. The first-order valence-corrected chi connectivity index (χ1v) is 8.98. The minimum atomic E-state index is 0.277. The summed E-state index contributed by atoms with van der Waals surface area (Å²) in [5, 5.41) is 11.2. The van der Waals surface area contributed by atoms with Crippen molar-refractivity contribution in [2.45, 2.75) is 44.4 Å². The third-order valence-corrected chi connectivity index (χ3v) is 4.94. The standard InChI is InChI=1S/C18H23ClN4O/c19-16-5-3-4-15(12-16)14-8-10-23(11-9-14)18(24)7-2-1-6-17-13-20-22-21-17/h3-5,12-14H,1-2,6-11H2,(H,20,21,22). The van der Waals surface area contributed by atoms with Crippen LogP contribution in [-0.4, -0.2) is 39.3 Å². The summed E-state index contributed by atoms with van der Waals surface area (Å²) >= 11 is 6.08. The van der Waals surface area contributed by atoms with Crippen molar-refractivity contribution < 1.29 is 4.79 Å². The Kier molecular flexibility index (Phi) is 5.86. The monoisotopic (exact) mass is 346 g/mol. The minimum Gasteiger partial charge on any atom is -0.343 e. The molecular weight excluding hydrogens is 324 g/mol. The highest BCUT2D eigenvalue weighted by Gasteiger charge is 2.23. The first-order valence-electron chi connectivity index (χ1n) is 8.60. The van der Waals surface area contributed by atoms with Crippen LogP contribution in [0.4, 0.5) is 0 Å². The van der Waals surface area contributed by atoms with Crippen LogP contribution in [-0.2, 0) is 11.2 Å². The lowest BCUT2D eigenvalue weighted by Crippen LogP contribution is -2.37. The fourth-order valence-electron chi connectivity index (χ4n) is 3.31. The molecule has 6 heteroatoms. The molecule has 1 N–H and O–H groups in total. The van der Waals surface area contributed by atoms with E-state index in [4.69, 9.17) is 11.6 Å². The van der Waals surface area contributed by atoms with Crippen LogP contribution in [0.25, 0.3) is 0 Å². The molecule has 5 nitrogen and oxygen atoms in total. The number of likely N-dealkylation sites (tertiary alicyclic amines) is 1. The number of piperidine rings is 1. The lowest BCUT2D eigenvalue weighted by Gasteiger charge is -2.32. The van der Waals surface area contributed by atoms with E-state index in [1.807, 2.05) is 23.1 Å². The predicted octanol–water partition coefficient (Wildman–Crippen LogP) is 3.58. The van der Waals surface area contributed by atoms with E-state index in [0.717, 1.165) is 55.9 Å². The average Bonchev–Trinajstić information content (AvgIpc) is 3.12. The maximum atomic E-state index is 12.3. The molecule has 0 spiro atoms. The number of aryl methyl sites for hydroxylation is 1. The number of amides is 1. The topological polar surface area (TPSA) is 61.9 Å². The number of carbonyl (C=O) groups excluding carboxylic acids is 1. The molecule has 2 aromatic rings. The van der Waals surface area contributed by atoms with E-state index in [2.05, 4.69) is 21.5 Å². The average molecular weight is 347 g/mol. The van der Waals surface area contributed by atoms with Gasteiger partial charge >= 0.3 is 0 Å². The number of nitrogens with zero attached hydrogens (tertiary/aromatic N) is 3. The number of rotatable bonds is 6. The van der Waals surface area contributed by atoms with Gasteiger partial charge in [-0.15, -0.1) is 0 Å². The summed E-state index contributed by atoms with van der Waals surface area (Å²) < 4.78 is 0. The third kappa shape index (κ3) is 4.57. The third-order valence-electron chi connectivity index (χ3n) is 4.71. The summed E-state index contributed by atoms with van der Waals surface area (Å²) in [4.78, 5) is 14.3. The van der Waals surface area contributed by atoms with Gasteiger partial charge in [0.25, 0.3) is 0 Å². The summed E-state index contributed by atoms with van der Waals surface area (Å²) in [5.74, 6) is 0.791. The molecular formula is C18H23ClN4O. The molecule has 24 heavy (non-hydrogen) atoms. The van der Waals surface area contributed by atoms with Gasteiger partial charge in [-0.2, -0.15) is 15.4 Å². The van der Waals surface area contributed by atoms with Crippen molar-refractivity contribution in [1.82, 2.24) is 20.3 Å². The van der Waals surface area contributed by atoms with Gasteiger partial charge in [0.2, 0.25) is 5.91 Å². The molecule has 1 aliphatic heterocycles. The van der Waals surface area contributed by atoms with Gasteiger partial charge in [-0.1, -0.05) is 23.7 Å². The number of carbonyl (C=O) groups is 1. The molecule has 3 rings (SSSR count). The summed E-state index contributed by atoms with van der Waals surface area (Å²) in [7, 11) is 0. The Morgan fingerprint density at radius 2 is 2.12 bits per heavy atom. The molecule has 1 aromatic carbocycles. The van der Waals surface area contributed by atoms with Crippen molar-refractivity contribution in [3.63, 3.8) is 0 Å². The lowest BCUT2D eigenvalue weighted by molar-refractivity contribution is -0.132. The molecule has 0 bridgehead atoms. The van der Waals surface area contributed by atoms with Crippen LogP contribution in [0.5, 0.6) is 0 Å². The number of halogens is 1. The number of aromatic nitrogens is 3. The number of hydrogen-bond acceptors (Lipinski definition) is 3. The van der Waals surface area contributed by atoms with Crippen molar-refractivity contribution >= 4 is 17.5 Å². The molecule has 1 amide bonds. The fraction of sp³-hybridized carbons (Fsp3) is 0.500. The highest BCUT2D eigenvalue weighted by Crippen LogP contribution is 2.29. The van der Waals surface area contributed by atoms with E-state index < -0.39 is 0 Å². The van der Waals surface area contributed by atoms with Crippen LogP contribution < -0.4 is 0 Å². The van der Waals surface area contributed by atoms with Crippen molar-refractivity contribution in [3.8, 4) is 0 Å². The molecule has 0 unspecified atom stereocenters. The van der Waals surface area contributed by atoms with E-state index in [9.17, 15) is 4.79 Å². The van der Waals surface area contributed by atoms with E-state index in [-0.39, 0.29) is 5.91 Å². The fourth-order valence-corrected chi connectivity index (χ4v) is 3.51. The molecule has 1 fully saturated rings. The van der Waals surface area contributed by atoms with Gasteiger partial charge in [0, 0.05) is 24.5 Å². The summed E-state index contributed by atoms with van der Waals surface area (Å²) in [5.41, 5.74) is 2.26. The quantitative estimate of drug-likeness (QED) is 0.813. The number of hydrogen-bond donors (Lipinski definition) is 1. The van der Waals surface area contributed by atoms with E-state index in [1.165, 1.54) is 5.56 Å². The highest BCUT2D eigenvalue weighted by molar-refractivity contribution is 6.30. The van der Waals surface area contributed by atoms with Gasteiger partial charge in [-0.25, -0.2) is 0 Å². The van der Waals surface area contributed by atoms with Crippen LogP contribution in [0.15, 0.2) is 30.5 Å². The Balaban J connectivity index is 1.38. The zero-order valence-corrected chi connectivity index (χ0v) is 14.5. The maximum Gasteiger partial charge on any atom is 0.222 e. The molecule has 0 atom stereocenters. The van der Waals surface area contributed by atoms with Crippen LogP contribution in [0.2, 0.25) is 5.02 Å². The first-order chi connectivity index (χ1) is 11.7.